The van der Waals surface area contributed by atoms with Crippen LogP contribution in [0.5, 0.6) is 5.75 Å². The minimum Gasteiger partial charge on any atom is -0.497 e. The lowest BCUT2D eigenvalue weighted by atomic mass is 10.1. The monoisotopic (exact) mass is 515 g/mol. The van der Waals surface area contributed by atoms with Crippen LogP contribution in [0.25, 0.3) is 10.9 Å². The average molecular weight is 516 g/mol. The minimum absolute atomic E-state index is 0.0366. The van der Waals surface area contributed by atoms with Crippen molar-refractivity contribution >= 4 is 22.7 Å². The summed E-state index contributed by atoms with van der Waals surface area (Å²) in [7, 11) is 1.56. The van der Waals surface area contributed by atoms with E-state index in [-0.39, 0.29) is 24.2 Å². The van der Waals surface area contributed by atoms with Gasteiger partial charge in [0.25, 0.3) is 5.91 Å². The molecule has 0 aliphatic rings. The van der Waals surface area contributed by atoms with Gasteiger partial charge in [-0.1, -0.05) is 49.7 Å². The molecular weight excluding hydrogens is 481 g/mol. The number of unbranched alkanes of at least 4 members (excludes halogenated alkanes) is 1. The van der Waals surface area contributed by atoms with Gasteiger partial charge in [-0.15, -0.1) is 0 Å². The van der Waals surface area contributed by atoms with Gasteiger partial charge < -0.3 is 19.5 Å². The summed E-state index contributed by atoms with van der Waals surface area (Å²) in [6.45, 7) is 3.29. The molecule has 0 bridgehead atoms. The van der Waals surface area contributed by atoms with Crippen LogP contribution in [0.3, 0.4) is 0 Å². The van der Waals surface area contributed by atoms with E-state index in [1.165, 1.54) is 12.1 Å². The van der Waals surface area contributed by atoms with Gasteiger partial charge in [0.1, 0.15) is 18.1 Å². The van der Waals surface area contributed by atoms with Crippen molar-refractivity contribution in [3.05, 3.63) is 102 Å². The molecule has 0 saturated heterocycles. The fourth-order valence-corrected chi connectivity index (χ4v) is 4.50. The largest absolute Gasteiger partial charge is 0.497 e. The molecule has 1 aromatic heterocycles. The number of hydrogen-bond acceptors (Lipinski definition) is 3. The second kappa shape index (κ2) is 12.9. The van der Waals surface area contributed by atoms with E-state index in [4.69, 9.17) is 4.74 Å². The summed E-state index contributed by atoms with van der Waals surface area (Å²) in [6.07, 6.45) is 4.31. The molecule has 0 fully saturated rings. The maximum atomic E-state index is 13.7. The number of rotatable bonds is 12. The van der Waals surface area contributed by atoms with E-state index in [1.54, 1.807) is 53.3 Å². The van der Waals surface area contributed by atoms with E-state index >= 15 is 0 Å². The number of nitrogens with zero attached hydrogens (tertiary/aromatic N) is 2. The molecule has 4 rings (SSSR count). The summed E-state index contributed by atoms with van der Waals surface area (Å²) in [5.74, 6) is -0.0834. The number of para-hydroxylation sites is 1. The Morgan fingerprint density at radius 2 is 1.74 bits per heavy atom. The Bertz CT molecular complexity index is 1370. The van der Waals surface area contributed by atoms with Crippen LogP contribution in [0.15, 0.2) is 79.0 Å². The molecule has 0 unspecified atom stereocenters. The molecule has 198 valence electrons. The van der Waals surface area contributed by atoms with Crippen molar-refractivity contribution in [2.75, 3.05) is 26.7 Å². The fraction of sp³-hybridized carbons (Fsp3) is 0.290. The highest BCUT2D eigenvalue weighted by Gasteiger charge is 2.23. The molecule has 38 heavy (non-hydrogen) atoms. The lowest BCUT2D eigenvalue weighted by Crippen LogP contribution is -2.43. The quantitative estimate of drug-likeness (QED) is 0.258. The number of benzene rings is 3. The van der Waals surface area contributed by atoms with Gasteiger partial charge in [0.05, 0.1) is 7.11 Å². The van der Waals surface area contributed by atoms with Gasteiger partial charge in [0.2, 0.25) is 5.91 Å². The third-order valence-corrected chi connectivity index (χ3v) is 6.68. The SMILES string of the molecule is CCCCN(CC(=O)N(CCc1c[nH]c2ccccc12)Cc1ccc(F)cc1)C(=O)c1cccc(OC)c1. The predicted octanol–water partition coefficient (Wildman–Crippen LogP) is 5.83. The van der Waals surface area contributed by atoms with Crippen LogP contribution in [0, 0.1) is 5.82 Å². The minimum atomic E-state index is -0.319. The zero-order valence-electron chi connectivity index (χ0n) is 22.0. The van der Waals surface area contributed by atoms with Gasteiger partial charge in [0, 0.05) is 42.3 Å². The maximum Gasteiger partial charge on any atom is 0.254 e. The third-order valence-electron chi connectivity index (χ3n) is 6.68. The number of H-pyrrole nitrogens is 1. The van der Waals surface area contributed by atoms with Gasteiger partial charge in [0.15, 0.2) is 0 Å². The molecule has 3 aromatic carbocycles. The highest BCUT2D eigenvalue weighted by molar-refractivity contribution is 5.97. The van der Waals surface area contributed by atoms with E-state index in [0.717, 1.165) is 34.9 Å². The summed E-state index contributed by atoms with van der Waals surface area (Å²) in [5, 5.41) is 1.12. The summed E-state index contributed by atoms with van der Waals surface area (Å²) >= 11 is 0. The van der Waals surface area contributed by atoms with Crippen molar-refractivity contribution in [2.24, 2.45) is 0 Å². The molecule has 1 N–H and O–H groups in total. The Morgan fingerprint density at radius 3 is 2.50 bits per heavy atom. The number of carbonyl (C=O) groups excluding carboxylic acids is 2. The highest BCUT2D eigenvalue weighted by Crippen LogP contribution is 2.20. The van der Waals surface area contributed by atoms with Gasteiger partial charge in [-0.25, -0.2) is 4.39 Å². The second-order valence-corrected chi connectivity index (χ2v) is 9.36. The number of aromatic amines is 1. The number of hydrogen-bond donors (Lipinski definition) is 1. The van der Waals surface area contributed by atoms with Crippen LogP contribution in [-0.4, -0.2) is 53.3 Å². The Hall–Kier alpha value is -4.13. The maximum absolute atomic E-state index is 13.7. The Balaban J connectivity index is 1.54. The van der Waals surface area contributed by atoms with Crippen LogP contribution < -0.4 is 4.74 Å². The zero-order chi connectivity index (χ0) is 26.9. The number of ether oxygens (including phenoxy) is 1. The van der Waals surface area contributed by atoms with Crippen LogP contribution in [0.1, 0.15) is 41.3 Å². The lowest BCUT2D eigenvalue weighted by molar-refractivity contribution is -0.132. The second-order valence-electron chi connectivity index (χ2n) is 9.36. The van der Waals surface area contributed by atoms with Gasteiger partial charge >= 0.3 is 0 Å². The van der Waals surface area contributed by atoms with Crippen molar-refractivity contribution in [3.63, 3.8) is 0 Å². The normalized spacial score (nSPS) is 10.9. The van der Waals surface area contributed by atoms with Crippen LogP contribution >= 0.6 is 0 Å². The number of halogens is 1. The van der Waals surface area contributed by atoms with E-state index in [1.807, 2.05) is 24.4 Å². The Morgan fingerprint density at radius 1 is 0.947 bits per heavy atom. The number of carbonyl (C=O) groups is 2. The van der Waals surface area contributed by atoms with E-state index in [9.17, 15) is 14.0 Å². The molecule has 7 heteroatoms. The van der Waals surface area contributed by atoms with Gasteiger partial charge in [-0.3, -0.25) is 9.59 Å². The molecule has 6 nitrogen and oxygen atoms in total. The molecular formula is C31H34FN3O3. The molecule has 2 amide bonds. The van der Waals surface area contributed by atoms with Crippen LogP contribution in [0.2, 0.25) is 0 Å². The van der Waals surface area contributed by atoms with Crippen molar-refractivity contribution in [1.82, 2.24) is 14.8 Å². The van der Waals surface area contributed by atoms with Gasteiger partial charge in [-0.05, 0) is 60.4 Å². The third kappa shape index (κ3) is 6.79. The Labute approximate surface area is 223 Å². The molecule has 4 aromatic rings. The molecule has 0 saturated carbocycles. The summed E-state index contributed by atoms with van der Waals surface area (Å²) < 4.78 is 18.8. The zero-order valence-corrected chi connectivity index (χ0v) is 22.0. The van der Waals surface area contributed by atoms with Crippen LogP contribution in [-0.2, 0) is 17.8 Å². The number of fused-ring (bicyclic) bond motifs is 1. The predicted molar refractivity (Wildman–Crippen MR) is 148 cm³/mol. The first-order chi connectivity index (χ1) is 18.5. The number of methoxy groups -OCH3 is 1. The standard InChI is InChI=1S/C31H34FN3O3/c1-3-4-17-35(31(37)24-8-7-9-27(19-24)38-2)22-30(36)34(21-23-12-14-26(32)15-13-23)18-16-25-20-33-29-11-6-5-10-28(25)29/h5-15,19-20,33H,3-4,16-18,21-22H2,1-2H3. The molecule has 0 aliphatic heterocycles. The lowest BCUT2D eigenvalue weighted by Gasteiger charge is -2.28. The topological polar surface area (TPSA) is 65.6 Å². The summed E-state index contributed by atoms with van der Waals surface area (Å²) in [6, 6.07) is 21.2. The number of nitrogens with one attached hydrogen (secondary N) is 1. The van der Waals surface area contributed by atoms with Crippen molar-refractivity contribution in [3.8, 4) is 5.75 Å². The number of aromatic nitrogens is 1. The average Bonchev–Trinajstić information content (AvgIpc) is 3.37. The van der Waals surface area contributed by atoms with Crippen molar-refractivity contribution in [1.29, 1.82) is 0 Å². The molecule has 0 radical (unpaired) electrons. The summed E-state index contributed by atoms with van der Waals surface area (Å²) in [4.78, 5) is 33.8. The van der Waals surface area contributed by atoms with Crippen LogP contribution in [0.4, 0.5) is 4.39 Å². The molecule has 0 spiro atoms. The first-order valence-electron chi connectivity index (χ1n) is 13.0. The first kappa shape index (κ1) is 26.9. The number of amides is 2. The highest BCUT2D eigenvalue weighted by atomic mass is 19.1. The molecule has 1 heterocycles. The van der Waals surface area contributed by atoms with E-state index in [2.05, 4.69) is 18.0 Å². The van der Waals surface area contributed by atoms with Gasteiger partial charge in [-0.2, -0.15) is 0 Å². The smallest absolute Gasteiger partial charge is 0.254 e. The van der Waals surface area contributed by atoms with Crippen molar-refractivity contribution in [2.45, 2.75) is 32.7 Å². The summed E-state index contributed by atoms with van der Waals surface area (Å²) in [5.41, 5.74) is 3.48. The van der Waals surface area contributed by atoms with E-state index in [0.29, 0.717) is 37.4 Å². The molecule has 0 aliphatic carbocycles. The first-order valence-corrected chi connectivity index (χ1v) is 13.0. The van der Waals surface area contributed by atoms with E-state index < -0.39 is 0 Å². The van der Waals surface area contributed by atoms with Crippen molar-refractivity contribution < 1.29 is 18.7 Å². The fourth-order valence-electron chi connectivity index (χ4n) is 4.50. The molecule has 0 atom stereocenters. The Kier molecular flexibility index (Phi) is 9.14.